The molecule has 0 atom stereocenters. The van der Waals surface area contributed by atoms with Gasteiger partial charge in [-0.3, -0.25) is 0 Å². The maximum absolute atomic E-state index is 2.18. The molecule has 0 aromatic carbocycles. The lowest BCUT2D eigenvalue weighted by atomic mass is 10.4. The highest BCUT2D eigenvalue weighted by Crippen LogP contribution is 1.85. The Bertz CT molecular complexity index is 268. The molecule has 624 valence electrons. The predicted octanol–water partition coefficient (Wildman–Crippen LogP) is 43.4. The van der Waals surface area contributed by atoms with E-state index >= 15 is 0 Å². The molecule has 0 N–H and O–H groups in total. The van der Waals surface area contributed by atoms with E-state index in [1.54, 1.807) is 0 Å². The minimum Gasteiger partial charge on any atom is -0.0654 e. The summed E-state index contributed by atoms with van der Waals surface area (Å²) in [5.74, 6) is 0. The van der Waals surface area contributed by atoms with Gasteiger partial charge < -0.3 is 0 Å². The minimum absolute atomic E-state index is 1.32. The van der Waals surface area contributed by atoms with Crippen LogP contribution in [0, 0.1) is 0 Å². The maximum atomic E-state index is 2.18. The van der Waals surface area contributed by atoms with Crippen LogP contribution in [0.5, 0.6) is 0 Å². The average Bonchev–Trinajstić information content (AvgIpc) is 3.68. The smallest absolute Gasteiger partial charge is 0.0564 e. The van der Waals surface area contributed by atoms with Crippen molar-refractivity contribution in [1.29, 1.82) is 0 Å². The Labute approximate surface area is 637 Å². The Kier molecular flexibility index (Phi) is 634. The highest BCUT2D eigenvalue weighted by molar-refractivity contribution is 4.21. The fourth-order valence-corrected chi connectivity index (χ4v) is 0. The topological polar surface area (TPSA) is 0 Å². The molecule has 0 saturated heterocycles. The third-order valence-electron chi connectivity index (χ3n) is 12.0. The van der Waals surface area contributed by atoms with E-state index in [9.17, 15) is 0 Å². The molecule has 0 radical (unpaired) electrons. The summed E-state index contributed by atoms with van der Waals surface area (Å²) >= 11 is 0. The maximum Gasteiger partial charge on any atom is -0.0564 e. The van der Waals surface area contributed by atoms with Gasteiger partial charge >= 0.3 is 0 Å². The van der Waals surface area contributed by atoms with Crippen LogP contribution < -0.4 is 0 Å². The van der Waals surface area contributed by atoms with E-state index in [4.69, 9.17) is 0 Å². The summed E-state index contributed by atoms with van der Waals surface area (Å²) in [5, 5.41) is 0. The molecule has 0 amide bonds. The predicted molar refractivity (Wildman–Crippen MR) is 494 cm³/mol. The largest absolute Gasteiger partial charge is 0.0654 e. The summed E-state index contributed by atoms with van der Waals surface area (Å²) in [6.07, 6.45) is 63.3. The lowest BCUT2D eigenvalue weighted by Gasteiger charge is -1.68. The van der Waals surface area contributed by atoms with Crippen LogP contribution in [-0.2, 0) is 0 Å². The van der Waals surface area contributed by atoms with Gasteiger partial charge in [0.1, 0.15) is 0 Å². The molecule has 0 aromatic rings. The van der Waals surface area contributed by atoms with E-state index in [1.807, 2.05) is 0 Å². The molecule has 0 rings (SSSR count). The van der Waals surface area contributed by atoms with Crippen molar-refractivity contribution in [2.75, 3.05) is 0 Å². The first-order valence-corrected chi connectivity index (χ1v) is 45.9. The standard InChI is InChI=1S/24C4H10/c24*1-3-4-2/h24*3-4H2,1-2H3. The normalized spacial score (nSPS) is 7.50. The van der Waals surface area contributed by atoms with E-state index in [1.165, 1.54) is 308 Å². The van der Waals surface area contributed by atoms with E-state index in [0.29, 0.717) is 0 Å². The molecular weight excluding hydrogens is 1150 g/mol. The quantitative estimate of drug-likeness (QED) is 0.0904. The van der Waals surface area contributed by atoms with Gasteiger partial charge in [-0.05, 0) is 0 Å². The molecule has 0 aliphatic carbocycles. The van der Waals surface area contributed by atoms with Crippen LogP contribution in [0.4, 0.5) is 0 Å². The summed E-state index contributed by atoms with van der Waals surface area (Å²) in [5.41, 5.74) is 0. The monoisotopic (exact) mass is 1390 g/mol. The molecule has 0 fully saturated rings. The third-order valence-corrected chi connectivity index (χ3v) is 12.0. The summed E-state index contributed by atoms with van der Waals surface area (Å²) in [7, 11) is 0. The fraction of sp³-hybridized carbons (Fsp3) is 1.00. The Morgan fingerprint density at radius 3 is 0.0521 bits per heavy atom. The van der Waals surface area contributed by atoms with Gasteiger partial charge in [-0.15, -0.1) is 0 Å². The number of unbranched alkanes of at least 4 members (excludes halogenated alkanes) is 24. The zero-order valence-electron chi connectivity index (χ0n) is 81.9. The molecular formula is C96H240. The number of hydrogen-bond acceptors (Lipinski definition) is 0. The Morgan fingerprint density at radius 1 is 0.0417 bits per heavy atom. The first-order valence-electron chi connectivity index (χ1n) is 45.9. The average molecular weight is 1390 g/mol. The summed E-state index contributed by atoms with van der Waals surface area (Å²) in [6.45, 7) is 105. The second-order valence-corrected chi connectivity index (χ2v) is 24.0. The van der Waals surface area contributed by atoms with Gasteiger partial charge in [-0.2, -0.15) is 0 Å². The van der Waals surface area contributed by atoms with Crippen LogP contribution in [0.2, 0.25) is 0 Å². The van der Waals surface area contributed by atoms with Crippen LogP contribution in [0.3, 0.4) is 0 Å². The van der Waals surface area contributed by atoms with E-state index < -0.39 is 0 Å². The van der Waals surface area contributed by atoms with E-state index in [-0.39, 0.29) is 0 Å². The molecule has 0 spiro atoms. The highest BCUT2D eigenvalue weighted by atomic mass is 13.7. The van der Waals surface area contributed by atoms with Crippen molar-refractivity contribution in [1.82, 2.24) is 0 Å². The Morgan fingerprint density at radius 2 is 0.0521 bits per heavy atom. The fourth-order valence-electron chi connectivity index (χ4n) is 0. The van der Waals surface area contributed by atoms with Gasteiger partial charge in [-0.25, -0.2) is 0 Å². The summed E-state index contributed by atoms with van der Waals surface area (Å²) in [4.78, 5) is 0. The van der Waals surface area contributed by atoms with Crippen LogP contribution in [-0.4, -0.2) is 0 Å². The lowest BCUT2D eigenvalue weighted by Crippen LogP contribution is -1.47. The third kappa shape index (κ3) is 1410. The van der Waals surface area contributed by atoms with Gasteiger partial charge in [0.2, 0.25) is 0 Å². The molecule has 0 aliphatic heterocycles. The van der Waals surface area contributed by atoms with Crippen molar-refractivity contribution in [2.45, 2.75) is 641 Å². The molecule has 0 heterocycles. The van der Waals surface area contributed by atoms with Gasteiger partial charge in [0.15, 0.2) is 0 Å². The molecule has 0 aliphatic rings. The molecule has 0 bridgehead atoms. The van der Waals surface area contributed by atoms with Gasteiger partial charge in [0.25, 0.3) is 0 Å². The molecule has 0 saturated carbocycles. The minimum atomic E-state index is 1.32. The SMILES string of the molecule is CCCC.CCCC.CCCC.CCCC.CCCC.CCCC.CCCC.CCCC.CCCC.CCCC.CCCC.CCCC.CCCC.CCCC.CCCC.CCCC.CCCC.CCCC.CCCC.CCCC.CCCC.CCCC.CCCC.CCCC. The zero-order valence-corrected chi connectivity index (χ0v) is 81.9. The van der Waals surface area contributed by atoms with Crippen molar-refractivity contribution in [3.8, 4) is 0 Å². The molecule has 0 nitrogen and oxygen atoms in total. The van der Waals surface area contributed by atoms with Crippen LogP contribution in [0.15, 0.2) is 0 Å². The second-order valence-electron chi connectivity index (χ2n) is 24.0. The molecule has 0 aromatic heterocycles. The Hall–Kier alpha value is 0. The van der Waals surface area contributed by atoms with Crippen molar-refractivity contribution < 1.29 is 0 Å². The van der Waals surface area contributed by atoms with Crippen LogP contribution >= 0.6 is 0 Å². The second kappa shape index (κ2) is 364. The zero-order chi connectivity index (χ0) is 81.9. The first kappa shape index (κ1) is 167. The highest BCUT2D eigenvalue weighted by Gasteiger charge is 1.65. The van der Waals surface area contributed by atoms with E-state index in [0.717, 1.165) is 0 Å². The lowest BCUT2D eigenvalue weighted by molar-refractivity contribution is 0.886. The van der Waals surface area contributed by atoms with Gasteiger partial charge in [0.05, 0.1) is 0 Å². The van der Waals surface area contributed by atoms with Crippen molar-refractivity contribution >= 4 is 0 Å². The van der Waals surface area contributed by atoms with E-state index in [2.05, 4.69) is 332 Å². The van der Waals surface area contributed by atoms with Crippen LogP contribution in [0.25, 0.3) is 0 Å². The Balaban J connectivity index is -0.0000000256. The van der Waals surface area contributed by atoms with Crippen LogP contribution in [0.1, 0.15) is 641 Å². The summed E-state index contributed by atoms with van der Waals surface area (Å²) < 4.78 is 0. The number of rotatable bonds is 24. The van der Waals surface area contributed by atoms with Crippen molar-refractivity contribution in [3.05, 3.63) is 0 Å². The first-order chi connectivity index (χ1) is 45.9. The van der Waals surface area contributed by atoms with Gasteiger partial charge in [-0.1, -0.05) is 641 Å². The van der Waals surface area contributed by atoms with Crippen molar-refractivity contribution in [2.24, 2.45) is 0 Å². The molecule has 96 heavy (non-hydrogen) atoms. The molecule has 0 unspecified atom stereocenters. The molecule has 0 heteroatoms. The summed E-state index contributed by atoms with van der Waals surface area (Å²) in [6, 6.07) is 0. The van der Waals surface area contributed by atoms with Gasteiger partial charge in [0, 0.05) is 0 Å². The van der Waals surface area contributed by atoms with Crippen molar-refractivity contribution in [3.63, 3.8) is 0 Å². The number of hydrogen-bond donors (Lipinski definition) is 0.